The highest BCUT2D eigenvalue weighted by molar-refractivity contribution is 5.94. The molecule has 3 nitrogen and oxygen atoms in total. The van der Waals surface area contributed by atoms with E-state index in [9.17, 15) is 4.79 Å². The van der Waals surface area contributed by atoms with Gasteiger partial charge in [0, 0.05) is 12.1 Å². The second-order valence-corrected chi connectivity index (χ2v) is 5.27. The van der Waals surface area contributed by atoms with Crippen LogP contribution >= 0.6 is 0 Å². The number of carbonyl (C=O) groups is 1. The molecule has 1 amide bonds. The summed E-state index contributed by atoms with van der Waals surface area (Å²) in [5.74, 6) is 0.924. The van der Waals surface area contributed by atoms with E-state index >= 15 is 0 Å². The molecule has 0 radical (unpaired) electrons. The van der Waals surface area contributed by atoms with Gasteiger partial charge in [0.15, 0.2) is 0 Å². The molecule has 0 aliphatic heterocycles. The molecule has 1 N–H and O–H groups in total. The van der Waals surface area contributed by atoms with Crippen molar-refractivity contribution in [2.24, 2.45) is 0 Å². The molecule has 0 saturated heterocycles. The number of carbonyl (C=O) groups excluding carboxylic acids is 1. The van der Waals surface area contributed by atoms with E-state index in [0.717, 1.165) is 24.2 Å². The molecular formula is C19H23NO2. The van der Waals surface area contributed by atoms with Gasteiger partial charge in [-0.25, -0.2) is 0 Å². The molecule has 0 heterocycles. The molecule has 2 aromatic carbocycles. The first kappa shape index (κ1) is 16.1. The Hall–Kier alpha value is -2.29. The van der Waals surface area contributed by atoms with Gasteiger partial charge < -0.3 is 10.1 Å². The lowest BCUT2D eigenvalue weighted by Crippen LogP contribution is -2.24. The maximum absolute atomic E-state index is 12.0. The number of benzene rings is 2. The Labute approximate surface area is 132 Å². The minimum atomic E-state index is -0.0157. The van der Waals surface area contributed by atoms with Crippen molar-refractivity contribution in [1.29, 1.82) is 0 Å². The first-order valence-corrected chi connectivity index (χ1v) is 7.76. The van der Waals surface area contributed by atoms with Crippen molar-refractivity contribution in [3.05, 3.63) is 65.2 Å². The Balaban J connectivity index is 1.79. The fraction of sp³-hybridized carbons (Fsp3) is 0.316. The van der Waals surface area contributed by atoms with Crippen LogP contribution in [0.1, 0.15) is 34.8 Å². The van der Waals surface area contributed by atoms with E-state index in [2.05, 4.69) is 11.4 Å². The van der Waals surface area contributed by atoms with Crippen LogP contribution in [-0.2, 0) is 6.42 Å². The summed E-state index contributed by atoms with van der Waals surface area (Å²) in [7, 11) is 0. The zero-order valence-electron chi connectivity index (χ0n) is 13.3. The lowest BCUT2D eigenvalue weighted by Gasteiger charge is -2.10. The number of para-hydroxylation sites is 1. The Morgan fingerprint density at radius 2 is 1.82 bits per heavy atom. The van der Waals surface area contributed by atoms with Crippen molar-refractivity contribution in [1.82, 2.24) is 5.32 Å². The van der Waals surface area contributed by atoms with Crippen LogP contribution in [0.3, 0.4) is 0 Å². The van der Waals surface area contributed by atoms with E-state index in [1.54, 1.807) is 0 Å². The van der Waals surface area contributed by atoms with Gasteiger partial charge in [-0.1, -0.05) is 35.9 Å². The molecule has 0 aromatic heterocycles. The summed E-state index contributed by atoms with van der Waals surface area (Å²) in [6.45, 7) is 5.32. The number of nitrogens with one attached hydrogen (secondary N) is 1. The van der Waals surface area contributed by atoms with Crippen LogP contribution in [0.5, 0.6) is 5.75 Å². The van der Waals surface area contributed by atoms with E-state index in [4.69, 9.17) is 4.74 Å². The molecule has 0 aliphatic carbocycles. The molecule has 0 spiro atoms. The largest absolute Gasteiger partial charge is 0.494 e. The highest BCUT2D eigenvalue weighted by Crippen LogP contribution is 2.19. The smallest absolute Gasteiger partial charge is 0.251 e. The van der Waals surface area contributed by atoms with Gasteiger partial charge in [0.25, 0.3) is 5.91 Å². The van der Waals surface area contributed by atoms with Crippen LogP contribution in [0.25, 0.3) is 0 Å². The number of hydrogen-bond donors (Lipinski definition) is 1. The summed E-state index contributed by atoms with van der Waals surface area (Å²) < 4.78 is 5.61. The number of hydrogen-bond acceptors (Lipinski definition) is 2. The second kappa shape index (κ2) is 8.23. The molecule has 0 saturated carbocycles. The van der Waals surface area contributed by atoms with Crippen LogP contribution in [-0.4, -0.2) is 19.1 Å². The van der Waals surface area contributed by atoms with Gasteiger partial charge in [-0.2, -0.15) is 0 Å². The van der Waals surface area contributed by atoms with Crippen LogP contribution in [0.15, 0.2) is 48.5 Å². The van der Waals surface area contributed by atoms with Gasteiger partial charge >= 0.3 is 0 Å². The average Bonchev–Trinajstić information content (AvgIpc) is 2.53. The Morgan fingerprint density at radius 3 is 2.55 bits per heavy atom. The minimum Gasteiger partial charge on any atom is -0.494 e. The lowest BCUT2D eigenvalue weighted by atomic mass is 10.1. The third-order valence-corrected chi connectivity index (χ3v) is 3.49. The van der Waals surface area contributed by atoms with Crippen LogP contribution in [0.4, 0.5) is 0 Å². The van der Waals surface area contributed by atoms with Gasteiger partial charge in [0.1, 0.15) is 5.75 Å². The van der Waals surface area contributed by atoms with Crippen molar-refractivity contribution in [3.63, 3.8) is 0 Å². The normalized spacial score (nSPS) is 10.3. The fourth-order valence-electron chi connectivity index (χ4n) is 2.29. The molecule has 0 bridgehead atoms. The number of ether oxygens (including phenoxy) is 1. The van der Waals surface area contributed by atoms with Crippen LogP contribution in [0.2, 0.25) is 0 Å². The van der Waals surface area contributed by atoms with Gasteiger partial charge in [-0.15, -0.1) is 0 Å². The third-order valence-electron chi connectivity index (χ3n) is 3.49. The van der Waals surface area contributed by atoms with Crippen molar-refractivity contribution >= 4 is 5.91 Å². The summed E-state index contributed by atoms with van der Waals surface area (Å²) in [6, 6.07) is 15.7. The maximum atomic E-state index is 12.0. The lowest BCUT2D eigenvalue weighted by molar-refractivity contribution is 0.0953. The fourth-order valence-corrected chi connectivity index (χ4v) is 2.29. The Morgan fingerprint density at radius 1 is 1.09 bits per heavy atom. The van der Waals surface area contributed by atoms with E-state index < -0.39 is 0 Å². The van der Waals surface area contributed by atoms with Gasteiger partial charge in [0.2, 0.25) is 0 Å². The number of amides is 1. The summed E-state index contributed by atoms with van der Waals surface area (Å²) in [4.78, 5) is 12.0. The molecule has 116 valence electrons. The van der Waals surface area contributed by atoms with Crippen molar-refractivity contribution in [2.45, 2.75) is 26.7 Å². The van der Waals surface area contributed by atoms with Gasteiger partial charge in [-0.3, -0.25) is 4.79 Å². The Bertz CT molecular complexity index is 605. The van der Waals surface area contributed by atoms with Gasteiger partial charge in [-0.05, 0) is 50.5 Å². The van der Waals surface area contributed by atoms with E-state index in [1.807, 2.05) is 56.3 Å². The van der Waals surface area contributed by atoms with Crippen LogP contribution < -0.4 is 10.1 Å². The van der Waals surface area contributed by atoms with E-state index in [0.29, 0.717) is 18.7 Å². The number of rotatable bonds is 7. The number of aryl methyl sites for hydroxylation is 2. The highest BCUT2D eigenvalue weighted by Gasteiger charge is 2.05. The molecule has 22 heavy (non-hydrogen) atoms. The highest BCUT2D eigenvalue weighted by atomic mass is 16.5. The minimum absolute atomic E-state index is 0.0157. The SMILES string of the molecule is CCOc1ccccc1CCCNC(=O)c1ccc(C)cc1. The van der Waals surface area contributed by atoms with Crippen LogP contribution in [0, 0.1) is 6.92 Å². The zero-order chi connectivity index (χ0) is 15.8. The zero-order valence-corrected chi connectivity index (χ0v) is 13.3. The topological polar surface area (TPSA) is 38.3 Å². The first-order valence-electron chi connectivity index (χ1n) is 7.76. The molecular weight excluding hydrogens is 274 g/mol. The van der Waals surface area contributed by atoms with Gasteiger partial charge in [0.05, 0.1) is 6.61 Å². The van der Waals surface area contributed by atoms with E-state index in [1.165, 1.54) is 5.56 Å². The molecule has 0 unspecified atom stereocenters. The van der Waals surface area contributed by atoms with Crippen molar-refractivity contribution in [3.8, 4) is 5.75 Å². The van der Waals surface area contributed by atoms with Crippen molar-refractivity contribution in [2.75, 3.05) is 13.2 Å². The summed E-state index contributed by atoms with van der Waals surface area (Å²) in [6.07, 6.45) is 1.78. The quantitative estimate of drug-likeness (QED) is 0.790. The summed E-state index contributed by atoms with van der Waals surface area (Å²) in [5, 5.41) is 2.96. The van der Waals surface area contributed by atoms with E-state index in [-0.39, 0.29) is 5.91 Å². The molecule has 3 heteroatoms. The third kappa shape index (κ3) is 4.62. The summed E-state index contributed by atoms with van der Waals surface area (Å²) in [5.41, 5.74) is 3.05. The molecule has 0 atom stereocenters. The maximum Gasteiger partial charge on any atom is 0.251 e. The molecule has 2 aromatic rings. The predicted molar refractivity (Wildman–Crippen MR) is 89.4 cm³/mol. The molecule has 0 aliphatic rings. The second-order valence-electron chi connectivity index (χ2n) is 5.27. The first-order chi connectivity index (χ1) is 10.7. The average molecular weight is 297 g/mol. The molecule has 2 rings (SSSR count). The molecule has 0 fully saturated rings. The predicted octanol–water partition coefficient (Wildman–Crippen LogP) is 3.76. The standard InChI is InChI=1S/C19H23NO2/c1-3-22-18-9-5-4-7-16(18)8-6-14-20-19(21)17-12-10-15(2)11-13-17/h4-5,7,9-13H,3,6,8,14H2,1-2H3,(H,20,21). The Kier molecular flexibility index (Phi) is 6.01. The van der Waals surface area contributed by atoms with Crippen molar-refractivity contribution < 1.29 is 9.53 Å². The monoisotopic (exact) mass is 297 g/mol. The summed E-state index contributed by atoms with van der Waals surface area (Å²) >= 11 is 0.